The zero-order valence-electron chi connectivity index (χ0n) is 12.6. The first kappa shape index (κ1) is 16.1. The van der Waals surface area contributed by atoms with Crippen LogP contribution in [0.5, 0.6) is 0 Å². The summed E-state index contributed by atoms with van der Waals surface area (Å²) in [5, 5.41) is 8.55. The minimum Gasteiger partial charge on any atom is -0.360 e. The number of nitrogens with zero attached hydrogens (tertiary/aromatic N) is 3. The molecule has 0 bridgehead atoms. The van der Waals surface area contributed by atoms with E-state index in [4.69, 9.17) is 4.52 Å². The van der Waals surface area contributed by atoms with Gasteiger partial charge in [-0.05, 0) is 26.7 Å². The van der Waals surface area contributed by atoms with Crippen molar-refractivity contribution in [2.45, 2.75) is 37.6 Å². The van der Waals surface area contributed by atoms with Crippen molar-refractivity contribution >= 4 is 32.4 Å². The van der Waals surface area contributed by atoms with E-state index in [9.17, 15) is 13.2 Å². The number of anilines is 1. The lowest BCUT2D eigenvalue weighted by atomic mass is 10.2. The first-order valence-corrected chi connectivity index (χ1v) is 9.38. The maximum Gasteiger partial charge on any atom is 0.249 e. The fraction of sp³-hybridized carbons (Fsp3) is 0.462. The van der Waals surface area contributed by atoms with E-state index in [-0.39, 0.29) is 16.6 Å². The standard InChI is InChI=1S/C13H16N4O4S2/c1-8-11(9(2)21-16-8)23(19,20)17-6-3-4-10(17)12(18)15-13-14-5-7-22-13/h5,7,10H,3-4,6H2,1-2H3,(H,14,15,18). The zero-order chi connectivity index (χ0) is 16.6. The molecule has 2 aromatic heterocycles. The van der Waals surface area contributed by atoms with E-state index in [1.54, 1.807) is 25.4 Å². The summed E-state index contributed by atoms with van der Waals surface area (Å²) in [6, 6.07) is -0.752. The Morgan fingerprint density at radius 2 is 2.26 bits per heavy atom. The van der Waals surface area contributed by atoms with Gasteiger partial charge in [-0.1, -0.05) is 5.16 Å². The Bertz CT molecular complexity index is 794. The van der Waals surface area contributed by atoms with Crippen LogP contribution in [-0.4, -0.2) is 41.4 Å². The molecule has 10 heteroatoms. The Hall–Kier alpha value is -1.78. The van der Waals surface area contributed by atoms with Gasteiger partial charge >= 0.3 is 0 Å². The monoisotopic (exact) mass is 356 g/mol. The van der Waals surface area contributed by atoms with E-state index < -0.39 is 16.1 Å². The molecule has 1 N–H and O–H groups in total. The van der Waals surface area contributed by atoms with E-state index in [1.807, 2.05) is 0 Å². The highest BCUT2D eigenvalue weighted by Gasteiger charge is 2.42. The van der Waals surface area contributed by atoms with Crippen LogP contribution < -0.4 is 5.32 Å². The maximum atomic E-state index is 12.9. The van der Waals surface area contributed by atoms with Crippen molar-refractivity contribution in [3.05, 3.63) is 23.0 Å². The van der Waals surface area contributed by atoms with Gasteiger partial charge in [-0.2, -0.15) is 4.31 Å². The molecule has 0 aromatic carbocycles. The van der Waals surface area contributed by atoms with Gasteiger partial charge in [0.2, 0.25) is 15.9 Å². The molecule has 1 fully saturated rings. The molecule has 0 radical (unpaired) electrons. The first-order valence-electron chi connectivity index (χ1n) is 7.06. The number of nitrogens with one attached hydrogen (secondary N) is 1. The number of carbonyl (C=O) groups is 1. The number of sulfonamides is 1. The number of rotatable bonds is 4. The molecule has 1 saturated heterocycles. The van der Waals surface area contributed by atoms with Crippen LogP contribution in [0.25, 0.3) is 0 Å². The van der Waals surface area contributed by atoms with Crippen LogP contribution in [0.15, 0.2) is 21.0 Å². The summed E-state index contributed by atoms with van der Waals surface area (Å²) in [7, 11) is -3.83. The van der Waals surface area contributed by atoms with Crippen molar-refractivity contribution in [2.75, 3.05) is 11.9 Å². The summed E-state index contributed by atoms with van der Waals surface area (Å²) in [5.41, 5.74) is 0.300. The Balaban J connectivity index is 1.88. The fourth-order valence-corrected chi connectivity index (χ4v) is 5.21. The first-order chi connectivity index (χ1) is 10.9. The zero-order valence-corrected chi connectivity index (χ0v) is 14.3. The van der Waals surface area contributed by atoms with Gasteiger partial charge in [-0.15, -0.1) is 11.3 Å². The predicted octanol–water partition coefficient (Wildman–Crippen LogP) is 1.54. The minimum absolute atomic E-state index is 0.0476. The molecule has 0 spiro atoms. The third kappa shape index (κ3) is 2.89. The highest BCUT2D eigenvalue weighted by molar-refractivity contribution is 7.89. The average molecular weight is 356 g/mol. The van der Waals surface area contributed by atoms with Crippen LogP contribution in [0.4, 0.5) is 5.13 Å². The molecule has 1 amide bonds. The number of aryl methyl sites for hydroxylation is 2. The Morgan fingerprint density at radius 1 is 1.48 bits per heavy atom. The largest absolute Gasteiger partial charge is 0.360 e. The molecule has 1 aliphatic heterocycles. The number of carbonyl (C=O) groups excluding carboxylic acids is 1. The second-order valence-corrected chi connectivity index (χ2v) is 7.98. The molecular formula is C13H16N4O4S2. The van der Waals surface area contributed by atoms with Crippen molar-refractivity contribution < 1.29 is 17.7 Å². The molecule has 1 aliphatic rings. The summed E-state index contributed by atoms with van der Waals surface area (Å²) in [4.78, 5) is 16.5. The summed E-state index contributed by atoms with van der Waals surface area (Å²) < 4.78 is 32.0. The maximum absolute atomic E-state index is 12.9. The highest BCUT2D eigenvalue weighted by atomic mass is 32.2. The van der Waals surface area contributed by atoms with E-state index >= 15 is 0 Å². The Kier molecular flexibility index (Phi) is 4.21. The van der Waals surface area contributed by atoms with Gasteiger partial charge < -0.3 is 9.84 Å². The quantitative estimate of drug-likeness (QED) is 0.891. The molecule has 23 heavy (non-hydrogen) atoms. The van der Waals surface area contributed by atoms with Crippen molar-refractivity contribution in [1.82, 2.24) is 14.4 Å². The van der Waals surface area contributed by atoms with Crippen molar-refractivity contribution in [1.29, 1.82) is 0 Å². The molecular weight excluding hydrogens is 340 g/mol. The van der Waals surface area contributed by atoms with E-state index in [2.05, 4.69) is 15.5 Å². The van der Waals surface area contributed by atoms with E-state index in [0.717, 1.165) is 0 Å². The predicted molar refractivity (Wildman–Crippen MR) is 83.6 cm³/mol. The smallest absolute Gasteiger partial charge is 0.249 e. The van der Waals surface area contributed by atoms with Crippen molar-refractivity contribution in [3.8, 4) is 0 Å². The van der Waals surface area contributed by atoms with Crippen LogP contribution >= 0.6 is 11.3 Å². The van der Waals surface area contributed by atoms with Crippen LogP contribution in [0.3, 0.4) is 0 Å². The molecule has 0 aliphatic carbocycles. The lowest BCUT2D eigenvalue weighted by Crippen LogP contribution is -2.43. The van der Waals surface area contributed by atoms with Crippen molar-refractivity contribution in [2.24, 2.45) is 0 Å². The molecule has 8 nitrogen and oxygen atoms in total. The van der Waals surface area contributed by atoms with Crippen molar-refractivity contribution in [3.63, 3.8) is 0 Å². The van der Waals surface area contributed by atoms with Gasteiger partial charge in [-0.3, -0.25) is 4.79 Å². The van der Waals surface area contributed by atoms with Crippen LogP contribution in [-0.2, 0) is 14.8 Å². The van der Waals surface area contributed by atoms with Gasteiger partial charge in [-0.25, -0.2) is 13.4 Å². The molecule has 3 heterocycles. The second kappa shape index (κ2) is 6.02. The van der Waals surface area contributed by atoms with Gasteiger partial charge in [0.1, 0.15) is 16.6 Å². The van der Waals surface area contributed by atoms with Crippen LogP contribution in [0, 0.1) is 13.8 Å². The second-order valence-electron chi connectivity index (χ2n) is 5.25. The summed E-state index contributed by atoms with van der Waals surface area (Å²) in [5.74, 6) is -0.138. The number of aromatic nitrogens is 2. The normalized spacial score (nSPS) is 19.1. The van der Waals surface area contributed by atoms with Crippen LogP contribution in [0.2, 0.25) is 0 Å². The van der Waals surface area contributed by atoms with E-state index in [0.29, 0.717) is 30.2 Å². The molecule has 124 valence electrons. The molecule has 0 saturated carbocycles. The SMILES string of the molecule is Cc1noc(C)c1S(=O)(=O)N1CCCC1C(=O)Nc1nccs1. The fourth-order valence-electron chi connectivity index (χ4n) is 2.72. The minimum atomic E-state index is -3.83. The third-order valence-corrected chi connectivity index (χ3v) is 6.55. The van der Waals surface area contributed by atoms with E-state index in [1.165, 1.54) is 15.6 Å². The summed E-state index contributed by atoms with van der Waals surface area (Å²) >= 11 is 1.29. The lowest BCUT2D eigenvalue weighted by Gasteiger charge is -2.22. The van der Waals surface area contributed by atoms with Gasteiger partial charge in [0.15, 0.2) is 10.9 Å². The third-order valence-electron chi connectivity index (χ3n) is 3.70. The van der Waals surface area contributed by atoms with Gasteiger partial charge in [0.05, 0.1) is 0 Å². The number of amides is 1. The summed E-state index contributed by atoms with van der Waals surface area (Å²) in [6.07, 6.45) is 2.67. The molecule has 3 rings (SSSR count). The number of thiazole rings is 1. The van der Waals surface area contributed by atoms with Gasteiger partial charge in [0, 0.05) is 18.1 Å². The van der Waals surface area contributed by atoms with Crippen LogP contribution in [0.1, 0.15) is 24.3 Å². The molecule has 1 unspecified atom stereocenters. The molecule has 1 atom stereocenters. The Labute approximate surface area is 137 Å². The van der Waals surface area contributed by atoms with Gasteiger partial charge in [0.25, 0.3) is 0 Å². The highest BCUT2D eigenvalue weighted by Crippen LogP contribution is 2.30. The molecule has 2 aromatic rings. The average Bonchev–Trinajstić information content (AvgIpc) is 3.20. The summed E-state index contributed by atoms with van der Waals surface area (Å²) in [6.45, 7) is 3.42. The number of hydrogen-bond donors (Lipinski definition) is 1. The Morgan fingerprint density at radius 3 is 2.87 bits per heavy atom. The lowest BCUT2D eigenvalue weighted by molar-refractivity contribution is -0.119. The topological polar surface area (TPSA) is 105 Å². The number of hydrogen-bond acceptors (Lipinski definition) is 7.